The topological polar surface area (TPSA) is 308 Å². The number of aromatic nitrogens is 2. The van der Waals surface area contributed by atoms with Crippen LogP contribution < -0.4 is 21.0 Å². The number of aliphatic hydroxyl groups excluding tert-OH is 1. The van der Waals surface area contributed by atoms with Crippen molar-refractivity contribution in [2.75, 3.05) is 13.7 Å². The van der Waals surface area contributed by atoms with Crippen LogP contribution in [0, 0.1) is 0 Å². The predicted octanol–water partition coefficient (Wildman–Crippen LogP) is -1.84. The summed E-state index contributed by atoms with van der Waals surface area (Å²) in [6.07, 6.45) is -2.79. The van der Waals surface area contributed by atoms with Crippen molar-refractivity contribution in [3.05, 3.63) is 43.5 Å². The van der Waals surface area contributed by atoms with Crippen LogP contribution >= 0.6 is 23.5 Å². The van der Waals surface area contributed by atoms with Crippen LogP contribution in [0.5, 0.6) is 0 Å². The lowest BCUT2D eigenvalue weighted by Crippen LogP contribution is -2.48. The normalized spacial score (nSPS) is 29.6. The number of nitrogens with one attached hydrogen (secondary N) is 1. The highest BCUT2D eigenvalue weighted by atomic mass is 31.3. The highest BCUT2D eigenvalue weighted by molar-refractivity contribution is 7.65. The summed E-state index contributed by atoms with van der Waals surface area (Å²) in [7, 11) is -16.9. The molecule has 1 saturated heterocycles. The Morgan fingerprint density at radius 1 is 1.32 bits per heavy atom. The summed E-state index contributed by atoms with van der Waals surface area (Å²) in [6, 6.07) is -0.777. The molecule has 1 fully saturated rings. The monoisotopic (exact) mass is 553 g/mol. The van der Waals surface area contributed by atoms with Gasteiger partial charge in [-0.05, 0) is 5.53 Å². The fraction of sp³-hybridized carbons (Fsp3) is 0.636. The van der Waals surface area contributed by atoms with Crippen LogP contribution in [0.2, 0.25) is 0 Å². The minimum Gasteiger partial charge on any atom is -0.756 e. The van der Waals surface area contributed by atoms with Gasteiger partial charge in [0.05, 0.1) is 0 Å². The quantitative estimate of drug-likeness (QED) is 0.107. The SMILES string of the molecule is C.CO[C@]1(COP(=O)(O)OP(=O)([O-])OP(=O)([O-])O)O[C@@H](n2ccc(=O)[nH]c2=O)[C@H](N=[N+]=[N-])[C@@H]1O. The van der Waals surface area contributed by atoms with Gasteiger partial charge in [-0.1, -0.05) is 12.5 Å². The van der Waals surface area contributed by atoms with Crippen LogP contribution in [-0.4, -0.2) is 56.1 Å². The van der Waals surface area contributed by atoms with Gasteiger partial charge in [-0.3, -0.25) is 28.0 Å². The molecule has 1 aliphatic heterocycles. The van der Waals surface area contributed by atoms with Crippen molar-refractivity contribution in [2.45, 2.75) is 31.6 Å². The van der Waals surface area contributed by atoms with Gasteiger partial charge in [0.2, 0.25) is 5.79 Å². The van der Waals surface area contributed by atoms with Crippen LogP contribution in [0.4, 0.5) is 0 Å². The summed E-state index contributed by atoms with van der Waals surface area (Å²) in [5, 5.41) is 13.8. The van der Waals surface area contributed by atoms with Crippen LogP contribution in [-0.2, 0) is 36.3 Å². The highest BCUT2D eigenvalue weighted by Crippen LogP contribution is 2.63. The Labute approximate surface area is 188 Å². The van der Waals surface area contributed by atoms with E-state index in [1.54, 1.807) is 0 Å². The number of H-pyrrole nitrogens is 1. The molecule has 0 spiro atoms. The number of hydrogen-bond donors (Lipinski definition) is 4. The summed E-state index contributed by atoms with van der Waals surface area (Å²) in [5.74, 6) is -2.50. The molecule has 1 aromatic rings. The van der Waals surface area contributed by atoms with Gasteiger partial charge >= 0.3 is 13.5 Å². The third kappa shape index (κ3) is 7.39. The van der Waals surface area contributed by atoms with E-state index in [0.29, 0.717) is 4.57 Å². The van der Waals surface area contributed by atoms with Crippen molar-refractivity contribution in [3.8, 4) is 0 Å². The molecule has 0 saturated carbocycles. The summed E-state index contributed by atoms with van der Waals surface area (Å²) in [4.78, 5) is 67.4. The number of phosphoric acid groups is 3. The number of hydrogen-bond acceptors (Lipinski definition) is 14. The lowest BCUT2D eigenvalue weighted by atomic mass is 10.1. The lowest BCUT2D eigenvalue weighted by Gasteiger charge is -2.32. The number of phosphoric ester groups is 1. The summed E-state index contributed by atoms with van der Waals surface area (Å²) in [6.45, 7) is -1.33. The molecule has 2 rings (SSSR count). The molecule has 3 unspecified atom stereocenters. The number of aromatic amines is 1. The summed E-state index contributed by atoms with van der Waals surface area (Å²) >= 11 is 0. The number of rotatable bonds is 10. The van der Waals surface area contributed by atoms with Gasteiger partial charge in [-0.15, -0.1) is 0 Å². The molecule has 2 heterocycles. The van der Waals surface area contributed by atoms with E-state index in [1.165, 1.54) is 0 Å². The first-order chi connectivity index (χ1) is 15.0. The summed E-state index contributed by atoms with van der Waals surface area (Å²) < 4.78 is 55.8. The molecular formula is C11H18N5O15P3-2. The first kappa shape index (κ1) is 30.3. The molecule has 34 heavy (non-hydrogen) atoms. The fourth-order valence-electron chi connectivity index (χ4n) is 2.60. The Morgan fingerprint density at radius 3 is 2.44 bits per heavy atom. The fourth-order valence-corrected chi connectivity index (χ4v) is 5.54. The van der Waals surface area contributed by atoms with Gasteiger partial charge in [0.1, 0.15) is 18.8 Å². The molecule has 0 aromatic carbocycles. The lowest BCUT2D eigenvalue weighted by molar-refractivity contribution is -0.268. The molecule has 7 atom stereocenters. The second-order valence-electron chi connectivity index (χ2n) is 6.00. The number of nitrogens with zero attached hydrogens (tertiary/aromatic N) is 4. The predicted molar refractivity (Wildman–Crippen MR) is 102 cm³/mol. The minimum atomic E-state index is -6.14. The van der Waals surface area contributed by atoms with Gasteiger partial charge < -0.3 is 34.2 Å². The first-order valence-corrected chi connectivity index (χ1v) is 12.5. The molecule has 1 aliphatic rings. The molecule has 20 nitrogen and oxygen atoms in total. The van der Waals surface area contributed by atoms with E-state index < -0.39 is 65.5 Å². The smallest absolute Gasteiger partial charge is 0.478 e. The molecule has 0 radical (unpaired) electrons. The third-order valence-electron chi connectivity index (χ3n) is 3.88. The average molecular weight is 553 g/mol. The minimum absolute atomic E-state index is 0. The molecule has 4 N–H and O–H groups in total. The van der Waals surface area contributed by atoms with Gasteiger partial charge in [-0.25, -0.2) is 18.0 Å². The molecule has 0 amide bonds. The van der Waals surface area contributed by atoms with Crippen molar-refractivity contribution >= 4 is 23.5 Å². The Hall–Kier alpha value is -1.72. The molecule has 23 heteroatoms. The number of aliphatic hydroxyl groups is 1. The number of ether oxygens (including phenoxy) is 2. The second kappa shape index (κ2) is 10.9. The maximum Gasteiger partial charge on any atom is 0.478 e. The van der Waals surface area contributed by atoms with Crippen LogP contribution in [0.1, 0.15) is 13.7 Å². The van der Waals surface area contributed by atoms with Crippen LogP contribution in [0.15, 0.2) is 27.0 Å². The summed E-state index contributed by atoms with van der Waals surface area (Å²) in [5.41, 5.74) is 6.89. The van der Waals surface area contributed by atoms with E-state index in [9.17, 15) is 43.1 Å². The maximum absolute atomic E-state index is 12.1. The Morgan fingerprint density at radius 2 is 1.94 bits per heavy atom. The molecule has 1 aromatic heterocycles. The average Bonchev–Trinajstić information content (AvgIpc) is 2.90. The van der Waals surface area contributed by atoms with Gasteiger partial charge in [-0.2, -0.15) is 0 Å². The standard InChI is InChI=1S/C10H16N5O15P3.CH4/c1-26-10(4-27-32(22,23)30-33(24,25)29-31(19,20)21)7(17)6(13-14-11)8(28-10)15-3-2-5(16)12-9(15)18;/h2-3,6-8,17H,4H2,1H3,(H,22,23)(H,24,25)(H,12,16,18)(H2,19,20,21);1H4/p-2/t6-,7+,8-,10-;/m1./s1. The second-order valence-corrected chi connectivity index (χ2v) is 10.3. The zero-order valence-corrected chi connectivity index (χ0v) is 18.6. The first-order valence-electron chi connectivity index (χ1n) is 8.06. The van der Waals surface area contributed by atoms with Crippen molar-refractivity contribution in [1.29, 1.82) is 0 Å². The number of methoxy groups -OCH3 is 1. The van der Waals surface area contributed by atoms with E-state index >= 15 is 0 Å². The van der Waals surface area contributed by atoms with E-state index in [0.717, 1.165) is 19.4 Å². The molecule has 0 bridgehead atoms. The largest absolute Gasteiger partial charge is 0.756 e. The van der Waals surface area contributed by atoms with Gasteiger partial charge in [0.15, 0.2) is 6.23 Å². The van der Waals surface area contributed by atoms with E-state index in [1.807, 2.05) is 4.98 Å². The van der Waals surface area contributed by atoms with Crippen LogP contribution in [0.25, 0.3) is 10.4 Å². The number of azide groups is 1. The van der Waals surface area contributed by atoms with Crippen LogP contribution in [0.3, 0.4) is 0 Å². The highest BCUT2D eigenvalue weighted by Gasteiger charge is 2.57. The van der Waals surface area contributed by atoms with Crippen molar-refractivity contribution in [1.82, 2.24) is 9.55 Å². The van der Waals surface area contributed by atoms with Crippen molar-refractivity contribution < 1.29 is 61.0 Å². The molecule has 194 valence electrons. The van der Waals surface area contributed by atoms with Crippen molar-refractivity contribution in [2.24, 2.45) is 5.11 Å². The molecular weight excluding hydrogens is 535 g/mol. The Bertz CT molecular complexity index is 1190. The third-order valence-corrected chi connectivity index (χ3v) is 7.58. The zero-order chi connectivity index (χ0) is 25.2. The molecule has 0 aliphatic carbocycles. The maximum atomic E-state index is 12.1. The van der Waals surface area contributed by atoms with Gasteiger partial charge in [0.25, 0.3) is 21.2 Å². The van der Waals surface area contributed by atoms with E-state index in [2.05, 4.69) is 23.2 Å². The Balaban J connectivity index is 0.00000578. The van der Waals surface area contributed by atoms with Crippen molar-refractivity contribution in [3.63, 3.8) is 0 Å². The van der Waals surface area contributed by atoms with E-state index in [4.69, 9.17) is 19.9 Å². The zero-order valence-electron chi connectivity index (χ0n) is 16.0. The van der Waals surface area contributed by atoms with E-state index in [-0.39, 0.29) is 7.43 Å². The Kier molecular flexibility index (Phi) is 9.72. The van der Waals surface area contributed by atoms with Gasteiger partial charge in [0, 0.05) is 24.3 Å².